The number of para-hydroxylation sites is 1. The Hall–Kier alpha value is -2.15. The van der Waals surface area contributed by atoms with Crippen molar-refractivity contribution in [2.24, 2.45) is 5.41 Å². The summed E-state index contributed by atoms with van der Waals surface area (Å²) in [5, 5.41) is 15.6. The molecule has 3 N–H and O–H groups in total. The molecule has 3 aliphatic heterocycles. The van der Waals surface area contributed by atoms with Crippen LogP contribution in [0.15, 0.2) is 47.7 Å². The van der Waals surface area contributed by atoms with Crippen molar-refractivity contribution < 1.29 is 20.0 Å². The van der Waals surface area contributed by atoms with Gasteiger partial charge in [0.1, 0.15) is 0 Å². The molecule has 27 heavy (non-hydrogen) atoms. The summed E-state index contributed by atoms with van der Waals surface area (Å²) in [4.78, 5) is 15.3. The normalized spacial score (nSPS) is 32.7. The number of nitrogens with one attached hydrogen (secondary N) is 1. The summed E-state index contributed by atoms with van der Waals surface area (Å²) in [6.07, 6.45) is 7.53. The topological polar surface area (TPSA) is 82.0 Å². The number of fused-ring (bicyclic) bond motifs is 1. The SMILES string of the molecule is CC[C@]12C=CCN3CC[C@]4(C(=C(C(=O)OC)C1)Nc1ccccc14)[C@@H]32.OO. The third kappa shape index (κ3) is 2.21. The molecule has 0 amide bonds. The van der Waals surface area contributed by atoms with Crippen LogP contribution in [0.25, 0.3) is 0 Å². The van der Waals surface area contributed by atoms with Crippen LogP contribution in [0.5, 0.6) is 0 Å². The largest absolute Gasteiger partial charge is 0.466 e. The average molecular weight is 370 g/mol. The summed E-state index contributed by atoms with van der Waals surface area (Å²) >= 11 is 0. The number of ether oxygens (including phenoxy) is 1. The highest BCUT2D eigenvalue weighted by Gasteiger charge is 2.65. The third-order valence-electron chi connectivity index (χ3n) is 6.97. The van der Waals surface area contributed by atoms with Crippen molar-refractivity contribution in [2.75, 3.05) is 25.5 Å². The minimum atomic E-state index is -0.182. The number of esters is 1. The second kappa shape index (κ2) is 6.48. The third-order valence-corrected chi connectivity index (χ3v) is 6.97. The van der Waals surface area contributed by atoms with Crippen molar-refractivity contribution in [3.8, 4) is 0 Å². The standard InChI is InChI=1S/C21H24N2O2.H2O2/c1-3-20-9-6-11-23-12-10-21(19(20)23)15-7-4-5-8-16(15)22-17(21)14(13-20)18(24)25-2;1-2/h4-9,19,22H,3,10-13H2,1-2H3;1-2H/t19-,20-,21-;/m0./s1. The molecule has 1 aromatic carbocycles. The number of methoxy groups -OCH3 is 1. The van der Waals surface area contributed by atoms with Gasteiger partial charge in [-0.2, -0.15) is 0 Å². The van der Waals surface area contributed by atoms with Gasteiger partial charge in [0.2, 0.25) is 0 Å². The Balaban J connectivity index is 0.000000872. The summed E-state index contributed by atoms with van der Waals surface area (Å²) < 4.78 is 5.19. The van der Waals surface area contributed by atoms with Gasteiger partial charge >= 0.3 is 5.97 Å². The number of hydrogen-bond acceptors (Lipinski definition) is 6. The molecule has 144 valence electrons. The summed E-state index contributed by atoms with van der Waals surface area (Å²) in [6, 6.07) is 8.99. The molecule has 1 aromatic rings. The fourth-order valence-corrected chi connectivity index (χ4v) is 6.02. The first kappa shape index (κ1) is 18.2. The number of rotatable bonds is 2. The first-order valence-corrected chi connectivity index (χ1v) is 9.46. The monoisotopic (exact) mass is 370 g/mol. The first-order chi connectivity index (χ1) is 13.2. The van der Waals surface area contributed by atoms with E-state index in [-0.39, 0.29) is 16.8 Å². The number of hydrogen-bond donors (Lipinski definition) is 3. The van der Waals surface area contributed by atoms with Gasteiger partial charge in [-0.25, -0.2) is 4.79 Å². The number of anilines is 1. The molecule has 5 rings (SSSR count). The van der Waals surface area contributed by atoms with Crippen LogP contribution in [0.2, 0.25) is 0 Å². The Kier molecular flexibility index (Phi) is 4.37. The Morgan fingerprint density at radius 1 is 1.37 bits per heavy atom. The van der Waals surface area contributed by atoms with Crippen LogP contribution in [0.1, 0.15) is 31.7 Å². The molecular weight excluding hydrogens is 344 g/mol. The van der Waals surface area contributed by atoms with Crippen LogP contribution in [-0.2, 0) is 14.9 Å². The fraction of sp³-hybridized carbons (Fsp3) is 0.476. The molecule has 0 saturated carbocycles. The van der Waals surface area contributed by atoms with Crippen molar-refractivity contribution in [3.05, 3.63) is 53.3 Å². The quantitative estimate of drug-likeness (QED) is 0.321. The van der Waals surface area contributed by atoms with Gasteiger partial charge in [0.15, 0.2) is 0 Å². The fourth-order valence-electron chi connectivity index (χ4n) is 6.02. The Morgan fingerprint density at radius 2 is 2.15 bits per heavy atom. The molecule has 0 unspecified atom stereocenters. The van der Waals surface area contributed by atoms with Crippen LogP contribution >= 0.6 is 0 Å². The lowest BCUT2D eigenvalue weighted by atomic mass is 9.55. The zero-order chi connectivity index (χ0) is 19.2. The van der Waals surface area contributed by atoms with Crippen LogP contribution in [0, 0.1) is 5.41 Å². The van der Waals surface area contributed by atoms with E-state index in [1.54, 1.807) is 0 Å². The highest BCUT2D eigenvalue weighted by molar-refractivity contribution is 5.93. The van der Waals surface area contributed by atoms with Gasteiger partial charge < -0.3 is 10.1 Å². The number of carbonyl (C=O) groups excluding carboxylic acids is 1. The molecule has 1 saturated heterocycles. The van der Waals surface area contributed by atoms with Crippen LogP contribution < -0.4 is 5.32 Å². The predicted molar refractivity (Wildman–Crippen MR) is 103 cm³/mol. The van der Waals surface area contributed by atoms with E-state index in [0.717, 1.165) is 49.3 Å². The number of benzene rings is 1. The minimum Gasteiger partial charge on any atom is -0.466 e. The second-order valence-electron chi connectivity index (χ2n) is 7.80. The van der Waals surface area contributed by atoms with Crippen molar-refractivity contribution in [1.29, 1.82) is 0 Å². The van der Waals surface area contributed by atoms with Crippen LogP contribution in [0.4, 0.5) is 5.69 Å². The van der Waals surface area contributed by atoms with Crippen LogP contribution in [-0.4, -0.2) is 47.6 Å². The van der Waals surface area contributed by atoms with Gasteiger partial charge in [-0.3, -0.25) is 15.4 Å². The molecule has 3 heterocycles. The molecule has 4 aliphatic rings. The van der Waals surface area contributed by atoms with Gasteiger partial charge in [0.25, 0.3) is 0 Å². The lowest BCUT2D eigenvalue weighted by Gasteiger charge is -2.53. The van der Waals surface area contributed by atoms with Crippen molar-refractivity contribution >= 4 is 11.7 Å². The van der Waals surface area contributed by atoms with Gasteiger partial charge in [-0.1, -0.05) is 37.3 Å². The maximum Gasteiger partial charge on any atom is 0.335 e. The summed E-state index contributed by atoms with van der Waals surface area (Å²) in [5.41, 5.74) is 4.34. The van der Waals surface area contributed by atoms with Crippen LogP contribution in [0.3, 0.4) is 0 Å². The molecule has 0 aromatic heterocycles. The number of nitrogens with zero attached hydrogens (tertiary/aromatic N) is 1. The molecule has 0 radical (unpaired) electrons. The zero-order valence-corrected chi connectivity index (χ0v) is 15.7. The lowest BCUT2D eigenvalue weighted by Crippen LogP contribution is -2.58. The summed E-state index contributed by atoms with van der Waals surface area (Å²) in [7, 11) is 1.49. The van der Waals surface area contributed by atoms with E-state index in [1.807, 2.05) is 0 Å². The van der Waals surface area contributed by atoms with Crippen molar-refractivity contribution in [1.82, 2.24) is 4.90 Å². The highest BCUT2D eigenvalue weighted by Crippen LogP contribution is 2.64. The molecule has 1 spiro atoms. The maximum absolute atomic E-state index is 12.7. The number of carbonyl (C=O) groups is 1. The van der Waals surface area contributed by atoms with E-state index in [1.165, 1.54) is 12.7 Å². The van der Waals surface area contributed by atoms with E-state index >= 15 is 0 Å². The summed E-state index contributed by atoms with van der Waals surface area (Å²) in [5.74, 6) is -0.182. The van der Waals surface area contributed by atoms with Crippen molar-refractivity contribution in [3.63, 3.8) is 0 Å². The Morgan fingerprint density at radius 3 is 2.89 bits per heavy atom. The van der Waals surface area contributed by atoms with E-state index in [2.05, 4.69) is 53.6 Å². The van der Waals surface area contributed by atoms with Gasteiger partial charge in [-0.05, 0) is 30.9 Å². The van der Waals surface area contributed by atoms with Gasteiger partial charge in [-0.15, -0.1) is 0 Å². The molecule has 3 atom stereocenters. The van der Waals surface area contributed by atoms with E-state index < -0.39 is 0 Å². The molecule has 6 heteroatoms. The first-order valence-electron chi connectivity index (χ1n) is 9.46. The zero-order valence-electron chi connectivity index (χ0n) is 15.7. The lowest BCUT2D eigenvalue weighted by molar-refractivity contribution is -0.176. The molecule has 1 aliphatic carbocycles. The molecule has 6 nitrogen and oxygen atoms in total. The predicted octanol–water partition coefficient (Wildman–Crippen LogP) is 3.24. The Labute approximate surface area is 159 Å². The van der Waals surface area contributed by atoms with Crippen molar-refractivity contribution in [2.45, 2.75) is 37.6 Å². The van der Waals surface area contributed by atoms with E-state index in [4.69, 9.17) is 15.3 Å². The maximum atomic E-state index is 12.7. The average Bonchev–Trinajstić information content (AvgIpc) is 3.29. The Bertz CT molecular complexity index is 833. The second-order valence-corrected chi connectivity index (χ2v) is 7.80. The van der Waals surface area contributed by atoms with E-state index in [9.17, 15) is 4.79 Å². The van der Waals surface area contributed by atoms with Gasteiger partial charge in [0, 0.05) is 35.9 Å². The summed E-state index contributed by atoms with van der Waals surface area (Å²) in [6.45, 7) is 4.34. The molecular formula is C21H26N2O4. The smallest absolute Gasteiger partial charge is 0.335 e. The molecule has 0 bridgehead atoms. The van der Waals surface area contributed by atoms with E-state index in [0.29, 0.717) is 6.04 Å². The highest BCUT2D eigenvalue weighted by atomic mass is 17.0. The minimum absolute atomic E-state index is 0.000898. The molecule has 1 fully saturated rings. The van der Waals surface area contributed by atoms with Gasteiger partial charge in [0.05, 0.1) is 18.1 Å².